The minimum absolute atomic E-state index is 0.629. The minimum atomic E-state index is 0.629. The van der Waals surface area contributed by atoms with Crippen LogP contribution in [0.2, 0.25) is 0 Å². The predicted octanol–water partition coefficient (Wildman–Crippen LogP) is 4.87. The summed E-state index contributed by atoms with van der Waals surface area (Å²) in [5.41, 5.74) is 2.86. The van der Waals surface area contributed by atoms with Gasteiger partial charge in [-0.25, -0.2) is 0 Å². The number of rotatable bonds is 5. The second kappa shape index (κ2) is 7.09. The maximum Gasteiger partial charge on any atom is 0.0208 e. The molecule has 1 nitrogen and oxygen atoms in total. The van der Waals surface area contributed by atoms with Crippen molar-refractivity contribution in [1.82, 2.24) is 5.32 Å². The lowest BCUT2D eigenvalue weighted by atomic mass is 9.83. The molecule has 0 spiro atoms. The van der Waals surface area contributed by atoms with Gasteiger partial charge in [-0.2, -0.15) is 0 Å². The summed E-state index contributed by atoms with van der Waals surface area (Å²) in [4.78, 5) is 0. The molecule has 0 bridgehead atoms. The Morgan fingerprint density at radius 1 is 1.11 bits per heavy atom. The van der Waals surface area contributed by atoms with E-state index in [4.69, 9.17) is 0 Å². The SMILES string of the molecule is CCC1CCCCC1NCc1ccc(C(C)C)cc1. The predicted molar refractivity (Wildman–Crippen MR) is 83.4 cm³/mol. The van der Waals surface area contributed by atoms with Crippen molar-refractivity contribution in [3.8, 4) is 0 Å². The molecule has 1 aromatic rings. The van der Waals surface area contributed by atoms with Crippen LogP contribution in [0.4, 0.5) is 0 Å². The van der Waals surface area contributed by atoms with Crippen molar-refractivity contribution in [1.29, 1.82) is 0 Å². The van der Waals surface area contributed by atoms with Crippen LogP contribution in [0.3, 0.4) is 0 Å². The summed E-state index contributed by atoms with van der Waals surface area (Å²) < 4.78 is 0. The van der Waals surface area contributed by atoms with Gasteiger partial charge < -0.3 is 5.32 Å². The summed E-state index contributed by atoms with van der Waals surface area (Å²) in [7, 11) is 0. The van der Waals surface area contributed by atoms with Crippen LogP contribution >= 0.6 is 0 Å². The van der Waals surface area contributed by atoms with Crippen LogP contribution in [0.5, 0.6) is 0 Å². The van der Waals surface area contributed by atoms with Crippen molar-refractivity contribution in [3.63, 3.8) is 0 Å². The highest BCUT2D eigenvalue weighted by Crippen LogP contribution is 2.27. The summed E-state index contributed by atoms with van der Waals surface area (Å²) in [6.07, 6.45) is 6.94. The molecule has 1 aromatic carbocycles. The lowest BCUT2D eigenvalue weighted by Crippen LogP contribution is -2.37. The van der Waals surface area contributed by atoms with E-state index >= 15 is 0 Å². The molecule has 0 aromatic heterocycles. The highest BCUT2D eigenvalue weighted by Gasteiger charge is 2.22. The number of hydrogen-bond acceptors (Lipinski definition) is 1. The van der Waals surface area contributed by atoms with Gasteiger partial charge in [0.25, 0.3) is 0 Å². The molecule has 1 aliphatic carbocycles. The van der Waals surface area contributed by atoms with Gasteiger partial charge in [0.2, 0.25) is 0 Å². The van der Waals surface area contributed by atoms with E-state index in [1.165, 1.54) is 43.2 Å². The highest BCUT2D eigenvalue weighted by atomic mass is 14.9. The Bertz CT molecular complexity index is 366. The maximum absolute atomic E-state index is 3.79. The first-order valence-electron chi connectivity index (χ1n) is 8.03. The van der Waals surface area contributed by atoms with Crippen LogP contribution < -0.4 is 5.32 Å². The Labute approximate surface area is 118 Å². The van der Waals surface area contributed by atoms with Crippen molar-refractivity contribution in [2.75, 3.05) is 0 Å². The zero-order chi connectivity index (χ0) is 13.7. The summed E-state index contributed by atoms with van der Waals surface area (Å²) >= 11 is 0. The first kappa shape index (κ1) is 14.6. The Kier molecular flexibility index (Phi) is 5.45. The second-order valence-corrected chi connectivity index (χ2v) is 6.34. The molecule has 2 atom stereocenters. The molecule has 0 amide bonds. The average Bonchev–Trinajstić information content (AvgIpc) is 2.45. The molecule has 19 heavy (non-hydrogen) atoms. The molecule has 0 radical (unpaired) electrons. The lowest BCUT2D eigenvalue weighted by Gasteiger charge is -2.31. The first-order valence-corrected chi connectivity index (χ1v) is 8.03. The number of nitrogens with one attached hydrogen (secondary N) is 1. The van der Waals surface area contributed by atoms with Crippen molar-refractivity contribution >= 4 is 0 Å². The normalized spacial score (nSPS) is 23.8. The zero-order valence-corrected chi connectivity index (χ0v) is 12.8. The highest BCUT2D eigenvalue weighted by molar-refractivity contribution is 5.24. The molecule has 1 heteroatoms. The van der Waals surface area contributed by atoms with E-state index < -0.39 is 0 Å². The van der Waals surface area contributed by atoms with Crippen LogP contribution in [0.15, 0.2) is 24.3 Å². The molecule has 0 aliphatic heterocycles. The van der Waals surface area contributed by atoms with Crippen molar-refractivity contribution in [2.24, 2.45) is 5.92 Å². The molecular formula is C18H29N. The van der Waals surface area contributed by atoms with E-state index in [1.54, 1.807) is 0 Å². The monoisotopic (exact) mass is 259 g/mol. The van der Waals surface area contributed by atoms with Crippen LogP contribution in [-0.4, -0.2) is 6.04 Å². The standard InChI is InChI=1S/C18H29N/c1-4-16-7-5-6-8-18(16)19-13-15-9-11-17(12-10-15)14(2)3/h9-12,14,16,18-19H,4-8,13H2,1-3H3. The van der Waals surface area contributed by atoms with Gasteiger partial charge >= 0.3 is 0 Å². The average molecular weight is 259 g/mol. The molecule has 1 N–H and O–H groups in total. The van der Waals surface area contributed by atoms with Gasteiger partial charge in [-0.05, 0) is 35.8 Å². The fraction of sp³-hybridized carbons (Fsp3) is 0.667. The van der Waals surface area contributed by atoms with Gasteiger partial charge in [0.05, 0.1) is 0 Å². The molecule has 2 unspecified atom stereocenters. The third-order valence-corrected chi connectivity index (χ3v) is 4.65. The van der Waals surface area contributed by atoms with E-state index in [9.17, 15) is 0 Å². The Morgan fingerprint density at radius 2 is 1.79 bits per heavy atom. The Hall–Kier alpha value is -0.820. The van der Waals surface area contributed by atoms with Gasteiger partial charge in [0.15, 0.2) is 0 Å². The number of hydrogen-bond donors (Lipinski definition) is 1. The van der Waals surface area contributed by atoms with Gasteiger partial charge in [-0.1, -0.05) is 64.3 Å². The van der Waals surface area contributed by atoms with E-state index in [0.29, 0.717) is 5.92 Å². The first-order chi connectivity index (χ1) is 9.20. The molecule has 0 saturated heterocycles. The Morgan fingerprint density at radius 3 is 2.42 bits per heavy atom. The van der Waals surface area contributed by atoms with Gasteiger partial charge in [-0.3, -0.25) is 0 Å². The van der Waals surface area contributed by atoms with Gasteiger partial charge in [0.1, 0.15) is 0 Å². The smallest absolute Gasteiger partial charge is 0.0208 e. The van der Waals surface area contributed by atoms with Crippen LogP contribution in [0.1, 0.15) is 69.9 Å². The van der Waals surface area contributed by atoms with Crippen molar-refractivity contribution in [2.45, 2.75) is 71.4 Å². The third kappa shape index (κ3) is 4.07. The van der Waals surface area contributed by atoms with Crippen LogP contribution in [-0.2, 0) is 6.54 Å². The number of benzene rings is 1. The van der Waals surface area contributed by atoms with Gasteiger partial charge in [0, 0.05) is 12.6 Å². The van der Waals surface area contributed by atoms with Crippen molar-refractivity contribution in [3.05, 3.63) is 35.4 Å². The maximum atomic E-state index is 3.79. The Balaban J connectivity index is 1.87. The summed E-state index contributed by atoms with van der Waals surface area (Å²) in [6.45, 7) is 7.86. The fourth-order valence-electron chi connectivity index (χ4n) is 3.23. The minimum Gasteiger partial charge on any atom is -0.310 e. The molecule has 106 valence electrons. The quantitative estimate of drug-likeness (QED) is 0.795. The molecule has 2 rings (SSSR count). The topological polar surface area (TPSA) is 12.0 Å². The lowest BCUT2D eigenvalue weighted by molar-refractivity contribution is 0.254. The largest absolute Gasteiger partial charge is 0.310 e. The van der Waals surface area contributed by atoms with E-state index in [0.717, 1.165) is 18.5 Å². The van der Waals surface area contributed by atoms with Crippen LogP contribution in [0, 0.1) is 5.92 Å². The zero-order valence-electron chi connectivity index (χ0n) is 12.8. The van der Waals surface area contributed by atoms with Gasteiger partial charge in [-0.15, -0.1) is 0 Å². The molecule has 1 aliphatic rings. The summed E-state index contributed by atoms with van der Waals surface area (Å²) in [5, 5.41) is 3.79. The summed E-state index contributed by atoms with van der Waals surface area (Å²) in [5.74, 6) is 1.52. The van der Waals surface area contributed by atoms with Crippen molar-refractivity contribution < 1.29 is 0 Å². The van der Waals surface area contributed by atoms with E-state index in [1.807, 2.05) is 0 Å². The third-order valence-electron chi connectivity index (χ3n) is 4.65. The molecule has 0 heterocycles. The van der Waals surface area contributed by atoms with E-state index in [-0.39, 0.29) is 0 Å². The molecule has 1 fully saturated rings. The summed E-state index contributed by atoms with van der Waals surface area (Å²) in [6, 6.07) is 9.86. The molecule has 1 saturated carbocycles. The fourth-order valence-corrected chi connectivity index (χ4v) is 3.23. The second-order valence-electron chi connectivity index (χ2n) is 6.34. The van der Waals surface area contributed by atoms with E-state index in [2.05, 4.69) is 50.4 Å². The van der Waals surface area contributed by atoms with Crippen LogP contribution in [0.25, 0.3) is 0 Å². The molecular weight excluding hydrogens is 230 g/mol.